The molecule has 4 N–H and O–H groups in total. The molecule has 0 radical (unpaired) electrons. The number of alkyl halides is 9. The molecule has 43 heavy (non-hydrogen) atoms. The van der Waals surface area contributed by atoms with Gasteiger partial charge in [0.25, 0.3) is 0 Å². The maximum absolute atomic E-state index is 13.5. The van der Waals surface area contributed by atoms with Crippen LogP contribution in [0.2, 0.25) is 0 Å². The molecule has 7 nitrogen and oxygen atoms in total. The zero-order chi connectivity index (χ0) is 31.5. The minimum absolute atomic E-state index is 0.00292. The number of ether oxygens (including phenoxy) is 1. The smallest absolute Gasteiger partial charge is 0.406 e. The lowest BCUT2D eigenvalue weighted by Crippen LogP contribution is -2.57. The number of nitrogens with one attached hydrogen (secondary N) is 3. The van der Waals surface area contributed by atoms with E-state index in [-0.39, 0.29) is 39.8 Å². The van der Waals surface area contributed by atoms with Gasteiger partial charge in [0.1, 0.15) is 15.7 Å². The van der Waals surface area contributed by atoms with E-state index in [1.807, 2.05) is 0 Å². The lowest BCUT2D eigenvalue weighted by Gasteiger charge is -2.37. The molecule has 5 rings (SSSR count). The van der Waals surface area contributed by atoms with Gasteiger partial charge in [0.15, 0.2) is 0 Å². The van der Waals surface area contributed by atoms with Gasteiger partial charge >= 0.3 is 18.7 Å². The maximum Gasteiger partial charge on any atom is 0.573 e. The summed E-state index contributed by atoms with van der Waals surface area (Å²) < 4.78 is 148. The van der Waals surface area contributed by atoms with E-state index in [4.69, 9.17) is 4.78 Å². The first kappa shape index (κ1) is 30.9. The third-order valence-corrected chi connectivity index (χ3v) is 8.59. The Balaban J connectivity index is 1.52. The summed E-state index contributed by atoms with van der Waals surface area (Å²) >= 11 is 0. The van der Waals surface area contributed by atoms with Gasteiger partial charge in [-0.2, -0.15) is 26.3 Å². The third-order valence-electron chi connectivity index (χ3n) is 7.02. The van der Waals surface area contributed by atoms with Crippen molar-refractivity contribution >= 4 is 31.7 Å². The van der Waals surface area contributed by atoms with Crippen molar-refractivity contribution in [1.82, 2.24) is 14.6 Å². The highest BCUT2D eigenvalue weighted by molar-refractivity contribution is 7.90. The first-order chi connectivity index (χ1) is 19.8. The van der Waals surface area contributed by atoms with Crippen LogP contribution in [0, 0.1) is 4.78 Å². The number of piperidine rings is 1. The van der Waals surface area contributed by atoms with E-state index in [1.165, 1.54) is 4.57 Å². The van der Waals surface area contributed by atoms with Gasteiger partial charge in [-0.3, -0.25) is 0 Å². The molecule has 0 aliphatic carbocycles. The van der Waals surface area contributed by atoms with Crippen LogP contribution in [0.1, 0.15) is 17.2 Å². The zero-order valence-corrected chi connectivity index (χ0v) is 22.3. The Labute approximate surface area is 237 Å². The fourth-order valence-corrected chi connectivity index (χ4v) is 6.43. The van der Waals surface area contributed by atoms with Crippen molar-refractivity contribution in [2.45, 2.75) is 41.8 Å². The molecular formula is C26H21F9N4O3S. The molecule has 1 aliphatic heterocycles. The van der Waals surface area contributed by atoms with E-state index < -0.39 is 63.7 Å². The van der Waals surface area contributed by atoms with E-state index in [1.54, 1.807) is 0 Å². The highest BCUT2D eigenvalue weighted by Crippen LogP contribution is 2.40. The van der Waals surface area contributed by atoms with Gasteiger partial charge in [-0.05, 0) is 60.7 Å². The Morgan fingerprint density at radius 1 is 0.837 bits per heavy atom. The number of halogens is 9. The molecule has 0 spiro atoms. The molecular weight excluding hydrogens is 619 g/mol. The molecule has 0 bridgehead atoms. The van der Waals surface area contributed by atoms with Gasteiger partial charge in [-0.1, -0.05) is 0 Å². The standard InChI is InChI=1S/C26H21F9N4O3S/c27-24(28,29)13-1-7-20-17(9-13)18-10-14(25(30,31)32)2-8-21(18)39(20)22-12-37-11-19(23(22)40)38-43(36,41)16-5-3-15(4-6-16)42-26(33,34)35/h1-10,19,22-23,37,40H,11-12H2,(H2,36,38,41). The van der Waals surface area contributed by atoms with E-state index in [9.17, 15) is 48.8 Å². The fourth-order valence-electron chi connectivity index (χ4n) is 5.13. The van der Waals surface area contributed by atoms with Crippen molar-refractivity contribution in [2.24, 2.45) is 0 Å². The second-order valence-corrected chi connectivity index (χ2v) is 11.7. The average Bonchev–Trinajstić information content (AvgIpc) is 3.21. The number of rotatable bonds is 5. The van der Waals surface area contributed by atoms with Gasteiger partial charge in [-0.15, -0.1) is 13.2 Å². The van der Waals surface area contributed by atoms with Crippen LogP contribution in [0.4, 0.5) is 39.5 Å². The van der Waals surface area contributed by atoms with Crippen molar-refractivity contribution < 1.29 is 53.6 Å². The van der Waals surface area contributed by atoms with Gasteiger partial charge in [-0.25, -0.2) is 13.7 Å². The second-order valence-electron chi connectivity index (χ2n) is 9.85. The van der Waals surface area contributed by atoms with E-state index in [2.05, 4.69) is 14.8 Å². The van der Waals surface area contributed by atoms with Crippen molar-refractivity contribution in [1.29, 1.82) is 4.78 Å². The molecule has 2 heterocycles. The molecule has 1 aromatic heterocycles. The van der Waals surface area contributed by atoms with Crippen molar-refractivity contribution in [2.75, 3.05) is 13.1 Å². The van der Waals surface area contributed by atoms with Gasteiger partial charge < -0.3 is 19.7 Å². The van der Waals surface area contributed by atoms with E-state index in [0.717, 1.165) is 60.7 Å². The Morgan fingerprint density at radius 3 is 1.81 bits per heavy atom. The third kappa shape index (κ3) is 6.25. The second kappa shape index (κ2) is 10.6. The molecule has 1 aliphatic rings. The quantitative estimate of drug-likeness (QED) is 0.195. The summed E-state index contributed by atoms with van der Waals surface area (Å²) in [6.07, 6.45) is -16.0. The molecule has 4 aromatic rings. The minimum Gasteiger partial charge on any atom is -0.406 e. The summed E-state index contributed by atoms with van der Waals surface area (Å²) in [7, 11) is -3.92. The van der Waals surface area contributed by atoms with Crippen molar-refractivity contribution in [3.63, 3.8) is 0 Å². The first-order valence-corrected chi connectivity index (χ1v) is 13.9. The number of benzene rings is 3. The molecule has 1 saturated heterocycles. The van der Waals surface area contributed by atoms with Gasteiger partial charge in [0.2, 0.25) is 0 Å². The van der Waals surface area contributed by atoms with Crippen LogP contribution in [0.15, 0.2) is 65.6 Å². The summed E-state index contributed by atoms with van der Waals surface area (Å²) in [6.45, 7) is -0.0423. The Hall–Kier alpha value is -3.54. The lowest BCUT2D eigenvalue weighted by atomic mass is 9.99. The predicted molar refractivity (Wildman–Crippen MR) is 137 cm³/mol. The average molecular weight is 641 g/mol. The summed E-state index contributed by atoms with van der Waals surface area (Å²) in [5.41, 5.74) is -1.97. The van der Waals surface area contributed by atoms with E-state index in [0.29, 0.717) is 0 Å². The van der Waals surface area contributed by atoms with Crippen LogP contribution in [0.3, 0.4) is 0 Å². The number of fused-ring (bicyclic) bond motifs is 3. The lowest BCUT2D eigenvalue weighted by molar-refractivity contribution is -0.274. The van der Waals surface area contributed by atoms with Gasteiger partial charge in [0.05, 0.1) is 34.2 Å². The Bertz CT molecular complexity index is 1690. The molecule has 0 saturated carbocycles. The van der Waals surface area contributed by atoms with E-state index >= 15 is 0 Å². The molecule has 4 unspecified atom stereocenters. The van der Waals surface area contributed by atoms with Crippen molar-refractivity contribution in [3.8, 4) is 5.75 Å². The molecule has 1 fully saturated rings. The number of nitrogens with zero attached hydrogens (tertiary/aromatic N) is 1. The minimum atomic E-state index is -4.97. The summed E-state index contributed by atoms with van der Waals surface area (Å²) in [5.74, 6) is -0.611. The summed E-state index contributed by atoms with van der Waals surface area (Å²) in [6, 6.07) is 6.71. The molecule has 3 aromatic carbocycles. The van der Waals surface area contributed by atoms with Crippen LogP contribution < -0.4 is 14.8 Å². The monoisotopic (exact) mass is 640 g/mol. The summed E-state index contributed by atoms with van der Waals surface area (Å²) in [4.78, 5) is -0.229. The normalized spacial score (nSPS) is 21.7. The topological polar surface area (TPSA) is 99.4 Å². The number of aliphatic hydroxyl groups is 1. The fraction of sp³-hybridized carbons (Fsp3) is 0.308. The number of hydrogen-bond donors (Lipinski definition) is 4. The summed E-state index contributed by atoms with van der Waals surface area (Å²) in [5, 5.41) is 14.0. The van der Waals surface area contributed by atoms with Crippen LogP contribution >= 0.6 is 0 Å². The van der Waals surface area contributed by atoms with Crippen LogP contribution in [-0.4, -0.2) is 45.5 Å². The highest BCUT2D eigenvalue weighted by atomic mass is 32.2. The SMILES string of the molecule is N=S(=O)(NC1CNCC(n2c3ccc(C(F)(F)F)cc3c3cc(C(F)(F)F)ccc32)C1O)c1ccc(OC(F)(F)F)cc1. The zero-order valence-electron chi connectivity index (χ0n) is 21.4. The number of aromatic nitrogens is 1. The predicted octanol–water partition coefficient (Wildman–Crippen LogP) is 6.21. The molecule has 17 heteroatoms. The maximum atomic E-state index is 13.5. The van der Waals surface area contributed by atoms with Gasteiger partial charge in [0, 0.05) is 34.9 Å². The van der Waals surface area contributed by atoms with Crippen LogP contribution in [0.5, 0.6) is 5.75 Å². The molecule has 232 valence electrons. The first-order valence-electron chi connectivity index (χ1n) is 12.4. The highest BCUT2D eigenvalue weighted by Gasteiger charge is 2.38. The van der Waals surface area contributed by atoms with Crippen LogP contribution in [0.25, 0.3) is 21.8 Å². The number of hydrogen-bond acceptors (Lipinski definition) is 5. The molecule has 0 amide bonds. The molecule has 4 atom stereocenters. The Morgan fingerprint density at radius 2 is 1.35 bits per heavy atom. The Kier molecular flexibility index (Phi) is 7.60. The number of aliphatic hydroxyl groups excluding tert-OH is 1. The largest absolute Gasteiger partial charge is 0.573 e. The van der Waals surface area contributed by atoms with Crippen molar-refractivity contribution in [3.05, 3.63) is 71.8 Å². The van der Waals surface area contributed by atoms with Crippen LogP contribution in [-0.2, 0) is 22.3 Å².